The van der Waals surface area contributed by atoms with Gasteiger partial charge in [0.05, 0.1) is 13.7 Å². The van der Waals surface area contributed by atoms with Gasteiger partial charge in [-0.2, -0.15) is 0 Å². The van der Waals surface area contributed by atoms with Crippen LogP contribution >= 0.6 is 0 Å². The molecule has 0 aromatic rings. The van der Waals surface area contributed by atoms with Gasteiger partial charge in [-0.25, -0.2) is 0 Å². The number of hydrogen-bond acceptors (Lipinski definition) is 2. The average molecular weight is 155 g/mol. The first kappa shape index (κ1) is 8.60. The molecule has 0 saturated heterocycles. The zero-order valence-electron chi connectivity index (χ0n) is 7.47. The quantitative estimate of drug-likeness (QED) is 0.614. The SMILES string of the molecule is CCCN1CCC=C(OC)C1. The summed E-state index contributed by atoms with van der Waals surface area (Å²) in [5.41, 5.74) is 0. The minimum absolute atomic E-state index is 1.00. The molecule has 0 bridgehead atoms. The Morgan fingerprint density at radius 3 is 3.09 bits per heavy atom. The zero-order valence-corrected chi connectivity index (χ0v) is 7.47. The topological polar surface area (TPSA) is 12.5 Å². The van der Waals surface area contributed by atoms with Crippen LogP contribution in [-0.2, 0) is 4.74 Å². The van der Waals surface area contributed by atoms with Gasteiger partial charge in [-0.1, -0.05) is 6.92 Å². The fraction of sp³-hybridized carbons (Fsp3) is 0.778. The Kier molecular flexibility index (Phi) is 3.43. The largest absolute Gasteiger partial charge is 0.500 e. The van der Waals surface area contributed by atoms with Crippen LogP contribution in [0.25, 0.3) is 0 Å². The number of methoxy groups -OCH3 is 1. The molecule has 1 rings (SSSR count). The van der Waals surface area contributed by atoms with Gasteiger partial charge >= 0.3 is 0 Å². The van der Waals surface area contributed by atoms with Crippen molar-refractivity contribution in [3.8, 4) is 0 Å². The highest BCUT2D eigenvalue weighted by Gasteiger charge is 2.10. The Bertz CT molecular complexity index is 142. The lowest BCUT2D eigenvalue weighted by Gasteiger charge is -2.25. The van der Waals surface area contributed by atoms with Crippen molar-refractivity contribution in [3.63, 3.8) is 0 Å². The van der Waals surface area contributed by atoms with E-state index < -0.39 is 0 Å². The smallest absolute Gasteiger partial charge is 0.106 e. The number of ether oxygens (including phenoxy) is 1. The van der Waals surface area contributed by atoms with Gasteiger partial charge in [0, 0.05) is 6.54 Å². The molecule has 0 saturated carbocycles. The maximum absolute atomic E-state index is 5.19. The molecule has 0 fully saturated rings. The summed E-state index contributed by atoms with van der Waals surface area (Å²) in [6.07, 6.45) is 4.56. The maximum Gasteiger partial charge on any atom is 0.106 e. The molecule has 0 aromatic heterocycles. The molecule has 1 aliphatic rings. The predicted octanol–water partition coefficient (Wildman–Crippen LogP) is 1.63. The second-order valence-corrected chi connectivity index (χ2v) is 2.94. The van der Waals surface area contributed by atoms with Crippen molar-refractivity contribution in [3.05, 3.63) is 11.8 Å². The number of hydrogen-bond donors (Lipinski definition) is 0. The molecule has 0 amide bonds. The van der Waals surface area contributed by atoms with Crippen LogP contribution < -0.4 is 0 Å². The van der Waals surface area contributed by atoms with Crippen molar-refractivity contribution in [2.75, 3.05) is 26.7 Å². The first-order valence-corrected chi connectivity index (χ1v) is 4.32. The normalized spacial score (nSPS) is 19.6. The summed E-state index contributed by atoms with van der Waals surface area (Å²) >= 11 is 0. The molecular formula is C9H17NO. The monoisotopic (exact) mass is 155 g/mol. The van der Waals surface area contributed by atoms with E-state index in [1.807, 2.05) is 0 Å². The van der Waals surface area contributed by atoms with E-state index in [9.17, 15) is 0 Å². The van der Waals surface area contributed by atoms with Gasteiger partial charge in [0.1, 0.15) is 5.76 Å². The molecule has 0 aromatic carbocycles. The predicted molar refractivity (Wildman–Crippen MR) is 46.4 cm³/mol. The Balaban J connectivity index is 2.33. The van der Waals surface area contributed by atoms with E-state index >= 15 is 0 Å². The third-order valence-electron chi connectivity index (χ3n) is 2.00. The summed E-state index contributed by atoms with van der Waals surface area (Å²) in [5, 5.41) is 0. The van der Waals surface area contributed by atoms with E-state index in [-0.39, 0.29) is 0 Å². The Labute approximate surface area is 68.8 Å². The standard InChI is InChI=1S/C9H17NO/c1-3-6-10-7-4-5-9(8-10)11-2/h5H,3-4,6-8H2,1-2H3. The van der Waals surface area contributed by atoms with Crippen LogP contribution in [-0.4, -0.2) is 31.6 Å². The van der Waals surface area contributed by atoms with Crippen molar-refractivity contribution >= 4 is 0 Å². The second-order valence-electron chi connectivity index (χ2n) is 2.94. The Morgan fingerprint density at radius 1 is 1.64 bits per heavy atom. The van der Waals surface area contributed by atoms with Crippen molar-refractivity contribution < 1.29 is 4.74 Å². The van der Waals surface area contributed by atoms with Crippen molar-refractivity contribution in [1.82, 2.24) is 4.90 Å². The molecule has 0 aliphatic carbocycles. The summed E-state index contributed by atoms with van der Waals surface area (Å²) < 4.78 is 5.19. The lowest BCUT2D eigenvalue weighted by Crippen LogP contribution is -2.31. The van der Waals surface area contributed by atoms with E-state index in [0.29, 0.717) is 0 Å². The highest BCUT2D eigenvalue weighted by Crippen LogP contribution is 2.09. The number of nitrogens with zero attached hydrogens (tertiary/aromatic N) is 1. The van der Waals surface area contributed by atoms with Gasteiger partial charge in [-0.3, -0.25) is 4.90 Å². The van der Waals surface area contributed by atoms with E-state index in [4.69, 9.17) is 4.74 Å². The molecule has 2 heteroatoms. The van der Waals surface area contributed by atoms with E-state index in [1.165, 1.54) is 19.5 Å². The highest BCUT2D eigenvalue weighted by molar-refractivity contribution is 5.00. The lowest BCUT2D eigenvalue weighted by molar-refractivity contribution is 0.198. The van der Waals surface area contributed by atoms with Crippen molar-refractivity contribution in [1.29, 1.82) is 0 Å². The molecule has 1 heterocycles. The van der Waals surface area contributed by atoms with Crippen LogP contribution in [0.15, 0.2) is 11.8 Å². The summed E-state index contributed by atoms with van der Waals surface area (Å²) in [4.78, 5) is 2.43. The molecule has 0 radical (unpaired) electrons. The highest BCUT2D eigenvalue weighted by atomic mass is 16.5. The molecule has 0 spiro atoms. The van der Waals surface area contributed by atoms with Gasteiger partial charge in [0.15, 0.2) is 0 Å². The van der Waals surface area contributed by atoms with Gasteiger partial charge in [-0.15, -0.1) is 0 Å². The van der Waals surface area contributed by atoms with E-state index in [0.717, 1.165) is 18.7 Å². The van der Waals surface area contributed by atoms with Crippen LogP contribution in [0.3, 0.4) is 0 Å². The van der Waals surface area contributed by atoms with Crippen LogP contribution in [0.4, 0.5) is 0 Å². The third-order valence-corrected chi connectivity index (χ3v) is 2.00. The van der Waals surface area contributed by atoms with Crippen LogP contribution in [0, 0.1) is 0 Å². The minimum atomic E-state index is 1.00. The van der Waals surface area contributed by atoms with E-state index in [2.05, 4.69) is 17.9 Å². The molecule has 11 heavy (non-hydrogen) atoms. The van der Waals surface area contributed by atoms with Crippen LogP contribution in [0.1, 0.15) is 19.8 Å². The first-order chi connectivity index (χ1) is 5.36. The van der Waals surface area contributed by atoms with Crippen molar-refractivity contribution in [2.45, 2.75) is 19.8 Å². The fourth-order valence-electron chi connectivity index (χ4n) is 1.43. The van der Waals surface area contributed by atoms with E-state index in [1.54, 1.807) is 7.11 Å². The molecular weight excluding hydrogens is 138 g/mol. The van der Waals surface area contributed by atoms with Gasteiger partial charge in [0.2, 0.25) is 0 Å². The molecule has 64 valence electrons. The molecule has 0 atom stereocenters. The average Bonchev–Trinajstić information content (AvgIpc) is 2.06. The maximum atomic E-state index is 5.19. The molecule has 0 unspecified atom stereocenters. The molecule has 1 aliphatic heterocycles. The summed E-state index contributed by atoms with van der Waals surface area (Å²) in [7, 11) is 1.75. The van der Waals surface area contributed by atoms with Gasteiger partial charge in [-0.05, 0) is 25.5 Å². The molecule has 0 N–H and O–H groups in total. The Hall–Kier alpha value is -0.500. The van der Waals surface area contributed by atoms with Crippen molar-refractivity contribution in [2.24, 2.45) is 0 Å². The third kappa shape index (κ3) is 2.54. The van der Waals surface area contributed by atoms with Gasteiger partial charge < -0.3 is 4.74 Å². The molecule has 2 nitrogen and oxygen atoms in total. The van der Waals surface area contributed by atoms with Gasteiger partial charge in [0.25, 0.3) is 0 Å². The zero-order chi connectivity index (χ0) is 8.10. The van der Waals surface area contributed by atoms with Crippen LogP contribution in [0.5, 0.6) is 0 Å². The summed E-state index contributed by atoms with van der Waals surface area (Å²) in [6.45, 7) is 5.61. The van der Waals surface area contributed by atoms with Crippen LogP contribution in [0.2, 0.25) is 0 Å². The Morgan fingerprint density at radius 2 is 2.45 bits per heavy atom. The lowest BCUT2D eigenvalue weighted by atomic mass is 10.2. The first-order valence-electron chi connectivity index (χ1n) is 4.32. The fourth-order valence-corrected chi connectivity index (χ4v) is 1.43. The number of rotatable bonds is 3. The summed E-state index contributed by atoms with van der Waals surface area (Å²) in [6, 6.07) is 0. The second kappa shape index (κ2) is 4.39. The summed E-state index contributed by atoms with van der Waals surface area (Å²) in [5.74, 6) is 1.13. The minimum Gasteiger partial charge on any atom is -0.500 e.